The lowest BCUT2D eigenvalue weighted by molar-refractivity contribution is 1.52. The largest absolute Gasteiger partial charge is 0.0865 e. The lowest BCUT2D eigenvalue weighted by Gasteiger charge is -2.17. The van der Waals surface area contributed by atoms with Crippen molar-refractivity contribution in [3.63, 3.8) is 0 Å². The van der Waals surface area contributed by atoms with Gasteiger partial charge in [-0.15, -0.1) is 0 Å². The third-order valence-corrected chi connectivity index (χ3v) is 15.2. The molecule has 0 heterocycles. The van der Waals surface area contributed by atoms with Crippen LogP contribution < -0.4 is 0 Å². The number of hydrogen-bond acceptors (Lipinski definition) is 0. The molecule has 0 saturated carbocycles. The van der Waals surface area contributed by atoms with Crippen molar-refractivity contribution in [2.75, 3.05) is 0 Å². The summed E-state index contributed by atoms with van der Waals surface area (Å²) in [6.07, 6.45) is 4.48. The molecule has 0 aromatic heterocycles. The van der Waals surface area contributed by atoms with E-state index in [-0.39, 0.29) is 0 Å². The summed E-state index contributed by atoms with van der Waals surface area (Å²) < 4.78 is 4.87. The van der Waals surface area contributed by atoms with E-state index >= 15 is 0 Å². The van der Waals surface area contributed by atoms with E-state index in [1.165, 1.54) is 19.3 Å². The fourth-order valence-electron chi connectivity index (χ4n) is 1.50. The van der Waals surface area contributed by atoms with Gasteiger partial charge in [-0.3, -0.25) is 0 Å². The SMILES string of the molecule is C[Si](C)(C)/C(Br)=C/c1cc(Br)c(/C=C(\Br)[Si](C)(C)C)cc1Br. The Kier molecular flexibility index (Phi) is 7.63. The molecule has 6 heteroatoms. The fourth-order valence-corrected chi connectivity index (χ4v) is 4.13. The maximum atomic E-state index is 3.75. The van der Waals surface area contributed by atoms with Crippen molar-refractivity contribution in [3.05, 3.63) is 40.4 Å². The summed E-state index contributed by atoms with van der Waals surface area (Å²) in [5.74, 6) is 0. The molecule has 0 nitrogen and oxygen atoms in total. The highest BCUT2D eigenvalue weighted by atomic mass is 79.9. The quantitative estimate of drug-likeness (QED) is 0.309. The Bertz CT molecular complexity index is 565. The van der Waals surface area contributed by atoms with Gasteiger partial charge in [0.25, 0.3) is 0 Å². The van der Waals surface area contributed by atoms with Gasteiger partial charge in [0.05, 0.1) is 16.1 Å². The monoisotopic (exact) mass is 586 g/mol. The van der Waals surface area contributed by atoms with Crippen molar-refractivity contribution in [2.24, 2.45) is 0 Å². The molecule has 0 N–H and O–H groups in total. The highest BCUT2D eigenvalue weighted by Gasteiger charge is 2.19. The first-order valence-corrected chi connectivity index (χ1v) is 17.2. The Morgan fingerprint density at radius 2 is 1.00 bits per heavy atom. The molecule has 0 radical (unpaired) electrons. The van der Waals surface area contributed by atoms with Crippen LogP contribution in [0.5, 0.6) is 0 Å². The molecular weight excluding hydrogens is 568 g/mol. The van der Waals surface area contributed by atoms with Crippen LogP contribution in [-0.4, -0.2) is 16.1 Å². The van der Waals surface area contributed by atoms with Crippen molar-refractivity contribution in [1.82, 2.24) is 0 Å². The minimum Gasteiger partial charge on any atom is -0.0651 e. The first-order valence-electron chi connectivity index (χ1n) is 7.07. The fraction of sp³-hybridized carbons (Fsp3) is 0.375. The van der Waals surface area contributed by atoms with Crippen LogP contribution in [0.3, 0.4) is 0 Å². The van der Waals surface area contributed by atoms with E-state index in [2.05, 4.69) is 127 Å². The van der Waals surface area contributed by atoms with Gasteiger partial charge in [0, 0.05) is 8.95 Å². The van der Waals surface area contributed by atoms with Gasteiger partial charge in [0.1, 0.15) is 0 Å². The van der Waals surface area contributed by atoms with Crippen molar-refractivity contribution >= 4 is 92.0 Å². The van der Waals surface area contributed by atoms with Crippen LogP contribution in [-0.2, 0) is 0 Å². The maximum Gasteiger partial charge on any atom is 0.0865 e. The summed E-state index contributed by atoms with van der Waals surface area (Å²) in [7, 11) is -2.64. The summed E-state index contributed by atoms with van der Waals surface area (Å²) >= 11 is 14.9. The lowest BCUT2D eigenvalue weighted by atomic mass is 10.1. The van der Waals surface area contributed by atoms with E-state index in [0.717, 1.165) is 8.95 Å². The zero-order chi connectivity index (χ0) is 17.3. The minimum absolute atomic E-state index is 1.12. The average molecular weight is 590 g/mol. The van der Waals surface area contributed by atoms with Crippen LogP contribution in [0.2, 0.25) is 39.3 Å². The molecule has 122 valence electrons. The third-order valence-electron chi connectivity index (χ3n) is 3.11. The second-order valence-corrected chi connectivity index (χ2v) is 22.3. The average Bonchev–Trinajstić information content (AvgIpc) is 2.32. The molecule has 1 aromatic carbocycles. The highest BCUT2D eigenvalue weighted by Crippen LogP contribution is 2.33. The van der Waals surface area contributed by atoms with Crippen molar-refractivity contribution in [1.29, 1.82) is 0 Å². The topological polar surface area (TPSA) is 0 Å². The van der Waals surface area contributed by atoms with Gasteiger partial charge < -0.3 is 0 Å². The van der Waals surface area contributed by atoms with Crippen LogP contribution in [0.1, 0.15) is 11.1 Å². The predicted octanol–water partition coefficient (Wildman–Crippen LogP) is 8.44. The predicted molar refractivity (Wildman–Crippen MR) is 122 cm³/mol. The van der Waals surface area contributed by atoms with Crippen LogP contribution in [0.25, 0.3) is 12.2 Å². The molecule has 0 unspecified atom stereocenters. The van der Waals surface area contributed by atoms with E-state index in [9.17, 15) is 0 Å². The van der Waals surface area contributed by atoms with Crippen LogP contribution in [0.15, 0.2) is 29.3 Å². The Labute approximate surface area is 170 Å². The molecule has 0 aliphatic heterocycles. The van der Waals surface area contributed by atoms with Gasteiger partial charge in [0.15, 0.2) is 0 Å². The number of rotatable bonds is 4. The third kappa shape index (κ3) is 6.17. The zero-order valence-corrected chi connectivity index (χ0v) is 22.2. The Hall–Kier alpha value is 1.05. The van der Waals surface area contributed by atoms with Gasteiger partial charge in [-0.2, -0.15) is 0 Å². The van der Waals surface area contributed by atoms with Gasteiger partial charge in [-0.25, -0.2) is 0 Å². The van der Waals surface area contributed by atoms with E-state index in [1.54, 1.807) is 0 Å². The molecule has 22 heavy (non-hydrogen) atoms. The molecule has 1 aromatic rings. The molecule has 0 aliphatic carbocycles. The number of halogens is 4. The van der Waals surface area contributed by atoms with Crippen molar-refractivity contribution in [3.8, 4) is 0 Å². The summed E-state index contributed by atoms with van der Waals surface area (Å²) in [5.41, 5.74) is 2.39. The van der Waals surface area contributed by atoms with Crippen molar-refractivity contribution in [2.45, 2.75) is 39.3 Å². The highest BCUT2D eigenvalue weighted by molar-refractivity contribution is 9.12. The summed E-state index contributed by atoms with van der Waals surface area (Å²) in [5, 5.41) is 0. The first kappa shape index (κ1) is 21.1. The number of hydrogen-bond donors (Lipinski definition) is 0. The van der Waals surface area contributed by atoms with Gasteiger partial charge in [-0.1, -0.05) is 103 Å². The standard InChI is InChI=1S/C16H22Br4Si2/c1-21(2,3)15(19)9-11-7-14(18)12(8-13(11)17)10-16(20)22(4,5)6/h7-10H,1-6H3/b15-9+,16-10+. The van der Waals surface area contributed by atoms with Crippen molar-refractivity contribution < 1.29 is 0 Å². The lowest BCUT2D eigenvalue weighted by Crippen LogP contribution is -2.20. The Morgan fingerprint density at radius 3 is 1.23 bits per heavy atom. The normalized spacial score (nSPS) is 14.5. The van der Waals surface area contributed by atoms with E-state index in [0.29, 0.717) is 0 Å². The summed E-state index contributed by atoms with van der Waals surface area (Å²) in [4.78, 5) is 0. The van der Waals surface area contributed by atoms with Crippen LogP contribution >= 0.6 is 63.7 Å². The molecule has 0 aliphatic rings. The van der Waals surface area contributed by atoms with E-state index in [1.807, 2.05) is 0 Å². The molecule has 0 fully saturated rings. The van der Waals surface area contributed by atoms with Gasteiger partial charge >= 0.3 is 0 Å². The molecule has 0 atom stereocenters. The summed E-state index contributed by atoms with van der Waals surface area (Å²) in [6, 6.07) is 4.36. The maximum absolute atomic E-state index is 3.75. The molecule has 0 spiro atoms. The van der Waals surface area contributed by atoms with Gasteiger partial charge in [0.2, 0.25) is 0 Å². The minimum atomic E-state index is -1.32. The summed E-state index contributed by atoms with van der Waals surface area (Å²) in [6.45, 7) is 14.0. The molecule has 0 amide bonds. The molecule has 1 rings (SSSR count). The van der Waals surface area contributed by atoms with E-state index in [4.69, 9.17) is 0 Å². The van der Waals surface area contributed by atoms with Crippen LogP contribution in [0, 0.1) is 0 Å². The molecular formula is C16H22Br4Si2. The molecule has 0 saturated heterocycles. The van der Waals surface area contributed by atoms with E-state index < -0.39 is 16.1 Å². The zero-order valence-electron chi connectivity index (χ0n) is 13.8. The first-order chi connectivity index (χ1) is 9.82. The second kappa shape index (κ2) is 7.96. The Balaban J connectivity index is 3.30. The second-order valence-electron chi connectivity index (χ2n) is 7.38. The van der Waals surface area contributed by atoms with Gasteiger partial charge in [-0.05, 0) is 43.6 Å². The number of benzene rings is 1. The van der Waals surface area contributed by atoms with Crippen LogP contribution in [0.4, 0.5) is 0 Å². The molecule has 0 bridgehead atoms. The smallest absolute Gasteiger partial charge is 0.0651 e. The Morgan fingerprint density at radius 1 is 0.727 bits per heavy atom.